The lowest BCUT2D eigenvalue weighted by atomic mass is 10.1. The van der Waals surface area contributed by atoms with Crippen LogP contribution in [0.25, 0.3) is 11.0 Å². The van der Waals surface area contributed by atoms with Gasteiger partial charge in [-0.25, -0.2) is 9.78 Å². The lowest BCUT2D eigenvalue weighted by molar-refractivity contribution is -0.137. The van der Waals surface area contributed by atoms with E-state index in [0.29, 0.717) is 17.7 Å². The molecule has 9 heteroatoms. The van der Waals surface area contributed by atoms with Crippen molar-refractivity contribution in [3.05, 3.63) is 59.4 Å². The van der Waals surface area contributed by atoms with E-state index in [0.717, 1.165) is 55.1 Å². The summed E-state index contributed by atoms with van der Waals surface area (Å²) in [6, 6.07) is 10.6. The normalized spacial score (nSPS) is 17.5. The number of halogens is 3. The Morgan fingerprint density at radius 2 is 2.00 bits per heavy atom. The third kappa shape index (κ3) is 4.40. The van der Waals surface area contributed by atoms with E-state index >= 15 is 0 Å². The molecule has 1 atom stereocenters. The number of nitrogens with zero attached hydrogens (tertiary/aromatic N) is 2. The summed E-state index contributed by atoms with van der Waals surface area (Å²) in [7, 11) is 0. The van der Waals surface area contributed by atoms with Crippen LogP contribution in [-0.4, -0.2) is 40.6 Å². The van der Waals surface area contributed by atoms with Crippen molar-refractivity contribution in [2.24, 2.45) is 5.73 Å². The highest BCUT2D eigenvalue weighted by Crippen LogP contribution is 2.31. The molecule has 1 saturated heterocycles. The van der Waals surface area contributed by atoms with Crippen LogP contribution in [0, 0.1) is 0 Å². The van der Waals surface area contributed by atoms with Crippen LogP contribution in [0.1, 0.15) is 29.3 Å². The Bertz CT molecular complexity index is 1050. The van der Waals surface area contributed by atoms with Gasteiger partial charge < -0.3 is 20.4 Å². The third-order valence-electron chi connectivity index (χ3n) is 5.36. The third-order valence-corrected chi connectivity index (χ3v) is 5.36. The summed E-state index contributed by atoms with van der Waals surface area (Å²) < 4.78 is 43.0. The molecule has 4 rings (SSSR count). The number of alkyl halides is 3. The van der Waals surface area contributed by atoms with Gasteiger partial charge in [0.05, 0.1) is 11.1 Å². The minimum absolute atomic E-state index is 0.200. The smallest absolute Gasteiger partial charge is 0.408 e. The largest absolute Gasteiger partial charge is 0.416 e. The van der Waals surface area contributed by atoms with Crippen LogP contribution < -0.4 is 10.5 Å². The van der Waals surface area contributed by atoms with Crippen LogP contribution in [0.4, 0.5) is 18.0 Å². The SMILES string of the molecule is NC(=O)Oc1cccc2[nH]c(C3CCN(CCc4ccc(C(F)(F)F)cc4)C3)nc12. The number of amides is 1. The second-order valence-electron chi connectivity index (χ2n) is 7.43. The average Bonchev–Trinajstić information content (AvgIpc) is 3.33. The van der Waals surface area contributed by atoms with E-state index in [9.17, 15) is 18.0 Å². The van der Waals surface area contributed by atoms with Gasteiger partial charge in [0.15, 0.2) is 5.75 Å². The van der Waals surface area contributed by atoms with Gasteiger partial charge in [-0.15, -0.1) is 0 Å². The Balaban J connectivity index is 1.38. The number of hydrogen-bond acceptors (Lipinski definition) is 4. The van der Waals surface area contributed by atoms with Crippen molar-refractivity contribution in [1.29, 1.82) is 0 Å². The molecule has 1 unspecified atom stereocenters. The zero-order chi connectivity index (χ0) is 21.3. The van der Waals surface area contributed by atoms with Gasteiger partial charge in [-0.3, -0.25) is 0 Å². The molecule has 2 aromatic carbocycles. The van der Waals surface area contributed by atoms with Gasteiger partial charge in [0.2, 0.25) is 0 Å². The molecule has 0 bridgehead atoms. The fourth-order valence-electron chi connectivity index (χ4n) is 3.82. The number of ether oxygens (including phenoxy) is 1. The van der Waals surface area contributed by atoms with Crippen LogP contribution in [0.2, 0.25) is 0 Å². The highest BCUT2D eigenvalue weighted by molar-refractivity contribution is 5.84. The number of likely N-dealkylation sites (tertiary alicyclic amines) is 1. The summed E-state index contributed by atoms with van der Waals surface area (Å²) in [6.45, 7) is 2.44. The summed E-state index contributed by atoms with van der Waals surface area (Å²) >= 11 is 0. The molecule has 158 valence electrons. The number of hydrogen-bond donors (Lipinski definition) is 2. The molecule has 3 N–H and O–H groups in total. The van der Waals surface area contributed by atoms with E-state index in [1.54, 1.807) is 12.1 Å². The first-order chi connectivity index (χ1) is 14.3. The van der Waals surface area contributed by atoms with E-state index in [2.05, 4.69) is 14.9 Å². The maximum Gasteiger partial charge on any atom is 0.416 e. The molecule has 0 spiro atoms. The van der Waals surface area contributed by atoms with E-state index in [-0.39, 0.29) is 5.92 Å². The number of carbonyl (C=O) groups is 1. The number of nitrogens with one attached hydrogen (secondary N) is 1. The Labute approximate surface area is 170 Å². The molecule has 2 heterocycles. The molecule has 1 aromatic heterocycles. The van der Waals surface area contributed by atoms with E-state index in [1.807, 2.05) is 6.07 Å². The fourth-order valence-corrected chi connectivity index (χ4v) is 3.82. The lowest BCUT2D eigenvalue weighted by Gasteiger charge is -2.15. The number of benzene rings is 2. The number of H-pyrrole nitrogens is 1. The Morgan fingerprint density at radius 3 is 2.70 bits per heavy atom. The Kier molecular flexibility index (Phi) is 5.38. The monoisotopic (exact) mass is 418 g/mol. The van der Waals surface area contributed by atoms with Crippen molar-refractivity contribution in [2.75, 3.05) is 19.6 Å². The van der Waals surface area contributed by atoms with E-state index in [4.69, 9.17) is 10.5 Å². The van der Waals surface area contributed by atoms with Crippen LogP contribution in [0.3, 0.4) is 0 Å². The second kappa shape index (κ2) is 7.98. The number of rotatable bonds is 5. The zero-order valence-corrected chi connectivity index (χ0v) is 16.1. The minimum Gasteiger partial charge on any atom is -0.408 e. The predicted octanol–water partition coefficient (Wildman–Crippen LogP) is 4.07. The van der Waals surface area contributed by atoms with Gasteiger partial charge in [0, 0.05) is 19.0 Å². The Morgan fingerprint density at radius 1 is 1.23 bits per heavy atom. The van der Waals surface area contributed by atoms with Crippen molar-refractivity contribution in [2.45, 2.75) is 24.9 Å². The number of primary amides is 1. The van der Waals surface area contributed by atoms with Gasteiger partial charge in [0.1, 0.15) is 11.3 Å². The van der Waals surface area contributed by atoms with E-state index < -0.39 is 17.8 Å². The lowest BCUT2D eigenvalue weighted by Crippen LogP contribution is -2.23. The minimum atomic E-state index is -4.31. The van der Waals surface area contributed by atoms with Crippen molar-refractivity contribution >= 4 is 17.1 Å². The van der Waals surface area contributed by atoms with Gasteiger partial charge >= 0.3 is 12.3 Å². The number of fused-ring (bicyclic) bond motifs is 1. The number of aromatic amines is 1. The predicted molar refractivity (Wildman–Crippen MR) is 105 cm³/mol. The number of imidazole rings is 1. The number of carbonyl (C=O) groups excluding carboxylic acids is 1. The van der Waals surface area contributed by atoms with E-state index in [1.165, 1.54) is 12.1 Å². The van der Waals surface area contributed by atoms with Gasteiger partial charge in [0.25, 0.3) is 0 Å². The first-order valence-electron chi connectivity index (χ1n) is 9.64. The quantitative estimate of drug-likeness (QED) is 0.654. The van der Waals surface area contributed by atoms with Crippen molar-refractivity contribution in [1.82, 2.24) is 14.9 Å². The molecule has 30 heavy (non-hydrogen) atoms. The molecular formula is C21H21F3N4O2. The number of para-hydroxylation sites is 1. The first kappa shape index (κ1) is 20.2. The second-order valence-corrected chi connectivity index (χ2v) is 7.43. The van der Waals surface area contributed by atoms with Crippen LogP contribution in [-0.2, 0) is 12.6 Å². The maximum absolute atomic E-state index is 12.7. The van der Waals surface area contributed by atoms with Crippen LogP contribution >= 0.6 is 0 Å². The highest BCUT2D eigenvalue weighted by atomic mass is 19.4. The highest BCUT2D eigenvalue weighted by Gasteiger charge is 2.30. The van der Waals surface area contributed by atoms with Crippen molar-refractivity contribution in [3.8, 4) is 5.75 Å². The van der Waals surface area contributed by atoms with Crippen LogP contribution in [0.15, 0.2) is 42.5 Å². The topological polar surface area (TPSA) is 84.2 Å². The molecule has 1 fully saturated rings. The van der Waals surface area contributed by atoms with Crippen molar-refractivity contribution < 1.29 is 22.7 Å². The van der Waals surface area contributed by atoms with Gasteiger partial charge in [-0.2, -0.15) is 13.2 Å². The molecule has 6 nitrogen and oxygen atoms in total. The summed E-state index contributed by atoms with van der Waals surface area (Å²) in [5, 5.41) is 0. The Hall–Kier alpha value is -3.07. The molecule has 0 radical (unpaired) electrons. The zero-order valence-electron chi connectivity index (χ0n) is 16.1. The summed E-state index contributed by atoms with van der Waals surface area (Å²) in [6.07, 6.45) is -3.60. The van der Waals surface area contributed by atoms with Gasteiger partial charge in [-0.05, 0) is 49.2 Å². The summed E-state index contributed by atoms with van der Waals surface area (Å²) in [4.78, 5) is 21.2. The maximum atomic E-state index is 12.7. The molecule has 0 saturated carbocycles. The van der Waals surface area contributed by atoms with Gasteiger partial charge in [-0.1, -0.05) is 18.2 Å². The molecule has 1 aliphatic heterocycles. The molecule has 3 aromatic rings. The summed E-state index contributed by atoms with van der Waals surface area (Å²) in [5.74, 6) is 1.34. The fraction of sp³-hybridized carbons (Fsp3) is 0.333. The first-order valence-corrected chi connectivity index (χ1v) is 9.64. The summed E-state index contributed by atoms with van der Waals surface area (Å²) in [5.41, 5.74) is 6.70. The molecule has 0 aliphatic carbocycles. The molecule has 1 aliphatic rings. The number of aromatic nitrogens is 2. The standard InChI is InChI=1S/C21H21F3N4O2/c22-21(23,24)15-6-4-13(5-7-15)8-10-28-11-9-14(12-28)19-26-16-2-1-3-17(18(16)27-19)30-20(25)29/h1-7,14H,8-12H2,(H2,25,29)(H,26,27). The van der Waals surface area contributed by atoms with Crippen molar-refractivity contribution in [3.63, 3.8) is 0 Å². The molecular weight excluding hydrogens is 397 g/mol. The number of nitrogens with two attached hydrogens (primary N) is 1. The average molecular weight is 418 g/mol. The molecule has 1 amide bonds. The van der Waals surface area contributed by atoms with Crippen LogP contribution in [0.5, 0.6) is 5.75 Å².